The molecule has 5 heteroatoms. The quantitative estimate of drug-likeness (QED) is 0.711. The summed E-state index contributed by atoms with van der Waals surface area (Å²) in [5.41, 5.74) is 2.33. The van der Waals surface area contributed by atoms with Gasteiger partial charge in [0.1, 0.15) is 0 Å². The van der Waals surface area contributed by atoms with E-state index in [0.29, 0.717) is 6.54 Å². The van der Waals surface area contributed by atoms with Crippen molar-refractivity contribution in [2.75, 3.05) is 12.8 Å². The summed E-state index contributed by atoms with van der Waals surface area (Å²) < 4.78 is 23.9. The fourth-order valence-electron chi connectivity index (χ4n) is 3.07. The molecule has 0 bridgehead atoms. The first-order valence-electron chi connectivity index (χ1n) is 8.64. The van der Waals surface area contributed by atoms with Crippen molar-refractivity contribution in [3.05, 3.63) is 102 Å². The average molecular weight is 379 g/mol. The Labute approximate surface area is 159 Å². The number of sulfone groups is 1. The average Bonchev–Trinajstić information content (AvgIpc) is 2.69. The maximum Gasteiger partial charge on any atom is 0.252 e. The lowest BCUT2D eigenvalue weighted by Gasteiger charge is -2.19. The third-order valence-electron chi connectivity index (χ3n) is 4.40. The Hall–Kier alpha value is -2.92. The molecule has 0 atom stereocenters. The molecule has 1 N–H and O–H groups in total. The third-order valence-corrected chi connectivity index (χ3v) is 5.56. The molecule has 4 nitrogen and oxygen atoms in total. The molecular weight excluding hydrogens is 358 g/mol. The predicted molar refractivity (Wildman–Crippen MR) is 107 cm³/mol. The largest absolute Gasteiger partial charge is 0.351 e. The zero-order valence-corrected chi connectivity index (χ0v) is 15.8. The second kappa shape index (κ2) is 8.18. The zero-order valence-electron chi connectivity index (χ0n) is 15.0. The van der Waals surface area contributed by atoms with Gasteiger partial charge in [-0.2, -0.15) is 0 Å². The van der Waals surface area contributed by atoms with Crippen molar-refractivity contribution in [3.63, 3.8) is 0 Å². The van der Waals surface area contributed by atoms with Gasteiger partial charge < -0.3 is 5.32 Å². The summed E-state index contributed by atoms with van der Waals surface area (Å²) in [5, 5.41) is 2.91. The van der Waals surface area contributed by atoms with Crippen LogP contribution in [0.2, 0.25) is 0 Å². The van der Waals surface area contributed by atoms with Gasteiger partial charge in [0.25, 0.3) is 5.91 Å². The van der Waals surface area contributed by atoms with Crippen LogP contribution in [0.4, 0.5) is 0 Å². The number of carbonyl (C=O) groups is 1. The van der Waals surface area contributed by atoms with Gasteiger partial charge in [-0.05, 0) is 23.3 Å². The van der Waals surface area contributed by atoms with E-state index < -0.39 is 15.7 Å². The third kappa shape index (κ3) is 4.63. The lowest BCUT2D eigenvalue weighted by molar-refractivity contribution is 0.0949. The number of rotatable bonds is 6. The molecule has 0 aliphatic heterocycles. The van der Waals surface area contributed by atoms with Crippen molar-refractivity contribution in [2.45, 2.75) is 10.8 Å². The molecule has 3 aromatic rings. The van der Waals surface area contributed by atoms with Gasteiger partial charge in [-0.25, -0.2) is 8.42 Å². The van der Waals surface area contributed by atoms with E-state index in [4.69, 9.17) is 0 Å². The van der Waals surface area contributed by atoms with Gasteiger partial charge >= 0.3 is 0 Å². The first-order chi connectivity index (χ1) is 13.0. The summed E-state index contributed by atoms with van der Waals surface area (Å²) in [5.74, 6) is -0.422. The summed E-state index contributed by atoms with van der Waals surface area (Å²) in [6, 6.07) is 26.1. The van der Waals surface area contributed by atoms with E-state index in [0.717, 1.165) is 17.4 Å². The minimum absolute atomic E-state index is 0.0262. The Bertz CT molecular complexity index is 976. The fourth-order valence-corrected chi connectivity index (χ4v) is 3.95. The minimum Gasteiger partial charge on any atom is -0.351 e. The second-order valence-corrected chi connectivity index (χ2v) is 8.34. The summed E-state index contributed by atoms with van der Waals surface area (Å²) >= 11 is 0. The minimum atomic E-state index is -3.48. The van der Waals surface area contributed by atoms with Gasteiger partial charge in [0.2, 0.25) is 0 Å². The molecule has 0 spiro atoms. The van der Waals surface area contributed by atoms with Crippen LogP contribution in [-0.4, -0.2) is 27.1 Å². The summed E-state index contributed by atoms with van der Waals surface area (Å²) in [7, 11) is -3.48. The summed E-state index contributed by atoms with van der Waals surface area (Å²) in [6.07, 6.45) is 1.11. The Kier molecular flexibility index (Phi) is 5.72. The van der Waals surface area contributed by atoms with Gasteiger partial charge in [-0.15, -0.1) is 0 Å². The molecule has 0 fully saturated rings. The van der Waals surface area contributed by atoms with E-state index in [1.807, 2.05) is 60.7 Å². The van der Waals surface area contributed by atoms with Crippen LogP contribution in [0.15, 0.2) is 89.8 Å². The topological polar surface area (TPSA) is 63.2 Å². The van der Waals surface area contributed by atoms with Crippen LogP contribution in [0.25, 0.3) is 0 Å². The van der Waals surface area contributed by atoms with Crippen molar-refractivity contribution in [1.82, 2.24) is 5.32 Å². The normalized spacial score (nSPS) is 11.3. The smallest absolute Gasteiger partial charge is 0.252 e. The standard InChI is InChI=1S/C22H21NO3S/c1-27(25,26)21-15-9-8-14-19(21)22(24)23-16-20(17-10-4-2-5-11-17)18-12-6-3-7-13-18/h2-15,20H,16H2,1H3,(H,23,24). The molecule has 27 heavy (non-hydrogen) atoms. The highest BCUT2D eigenvalue weighted by Gasteiger charge is 2.20. The number of amides is 1. The van der Waals surface area contributed by atoms with Crippen LogP contribution < -0.4 is 5.32 Å². The monoisotopic (exact) mass is 379 g/mol. The van der Waals surface area contributed by atoms with Crippen molar-refractivity contribution < 1.29 is 13.2 Å². The van der Waals surface area contributed by atoms with E-state index in [1.165, 1.54) is 12.1 Å². The van der Waals surface area contributed by atoms with E-state index in [1.54, 1.807) is 12.1 Å². The molecule has 0 unspecified atom stereocenters. The van der Waals surface area contributed by atoms with Crippen LogP contribution in [0.1, 0.15) is 27.4 Å². The van der Waals surface area contributed by atoms with Crippen molar-refractivity contribution >= 4 is 15.7 Å². The van der Waals surface area contributed by atoms with E-state index in [2.05, 4.69) is 5.32 Å². The Morgan fingerprint density at radius 1 is 0.815 bits per heavy atom. The molecule has 138 valence electrons. The van der Waals surface area contributed by atoms with Crippen LogP contribution in [0.5, 0.6) is 0 Å². The highest BCUT2D eigenvalue weighted by Crippen LogP contribution is 2.24. The van der Waals surface area contributed by atoms with Gasteiger partial charge in [0, 0.05) is 18.7 Å². The fraction of sp³-hybridized carbons (Fsp3) is 0.136. The molecule has 0 aliphatic carbocycles. The Morgan fingerprint density at radius 3 is 1.81 bits per heavy atom. The van der Waals surface area contributed by atoms with E-state index in [9.17, 15) is 13.2 Å². The van der Waals surface area contributed by atoms with Crippen LogP contribution >= 0.6 is 0 Å². The maximum absolute atomic E-state index is 12.7. The molecule has 3 rings (SSSR count). The Balaban J connectivity index is 1.86. The number of hydrogen-bond acceptors (Lipinski definition) is 3. The van der Waals surface area contributed by atoms with Gasteiger partial charge in [0.15, 0.2) is 9.84 Å². The van der Waals surface area contributed by atoms with Gasteiger partial charge in [-0.1, -0.05) is 72.8 Å². The van der Waals surface area contributed by atoms with Gasteiger partial charge in [-0.3, -0.25) is 4.79 Å². The highest BCUT2D eigenvalue weighted by molar-refractivity contribution is 7.90. The van der Waals surface area contributed by atoms with E-state index >= 15 is 0 Å². The highest BCUT2D eigenvalue weighted by atomic mass is 32.2. The zero-order chi connectivity index (χ0) is 19.3. The van der Waals surface area contributed by atoms with Crippen molar-refractivity contribution in [3.8, 4) is 0 Å². The van der Waals surface area contributed by atoms with Crippen molar-refractivity contribution in [2.24, 2.45) is 0 Å². The SMILES string of the molecule is CS(=O)(=O)c1ccccc1C(=O)NCC(c1ccccc1)c1ccccc1. The molecule has 0 saturated carbocycles. The van der Waals surface area contributed by atoms with E-state index in [-0.39, 0.29) is 16.4 Å². The molecule has 0 aliphatic rings. The molecule has 0 saturated heterocycles. The molecule has 0 radical (unpaired) electrons. The lowest BCUT2D eigenvalue weighted by Crippen LogP contribution is -2.30. The molecule has 0 heterocycles. The van der Waals surface area contributed by atoms with Crippen molar-refractivity contribution in [1.29, 1.82) is 0 Å². The number of nitrogens with one attached hydrogen (secondary N) is 1. The lowest BCUT2D eigenvalue weighted by atomic mass is 9.91. The number of benzene rings is 3. The van der Waals surface area contributed by atoms with Crippen LogP contribution in [0.3, 0.4) is 0 Å². The number of hydrogen-bond donors (Lipinski definition) is 1. The first kappa shape index (κ1) is 18.9. The summed E-state index contributed by atoms with van der Waals surface area (Å²) in [4.78, 5) is 12.7. The van der Waals surface area contributed by atoms with Crippen LogP contribution in [0, 0.1) is 0 Å². The second-order valence-electron chi connectivity index (χ2n) is 6.35. The maximum atomic E-state index is 12.7. The molecule has 1 amide bonds. The molecule has 0 aromatic heterocycles. The first-order valence-corrected chi connectivity index (χ1v) is 10.5. The van der Waals surface area contributed by atoms with Crippen LogP contribution in [-0.2, 0) is 9.84 Å². The predicted octanol–water partition coefficient (Wildman–Crippen LogP) is 3.65. The summed E-state index contributed by atoms with van der Waals surface area (Å²) in [6.45, 7) is 0.366. The molecule has 3 aromatic carbocycles. The molecular formula is C22H21NO3S. The Morgan fingerprint density at radius 2 is 1.30 bits per heavy atom. The van der Waals surface area contributed by atoms with Gasteiger partial charge in [0.05, 0.1) is 10.5 Å². The number of carbonyl (C=O) groups excluding carboxylic acids is 1.